The van der Waals surface area contributed by atoms with Crippen molar-refractivity contribution in [2.75, 3.05) is 39.3 Å². The summed E-state index contributed by atoms with van der Waals surface area (Å²) in [6, 6.07) is -0.875. The van der Waals surface area contributed by atoms with Crippen molar-refractivity contribution in [3.8, 4) is 16.8 Å². The van der Waals surface area contributed by atoms with Gasteiger partial charge >= 0.3 is 0 Å². The van der Waals surface area contributed by atoms with Crippen molar-refractivity contribution < 1.29 is 19.2 Å². The summed E-state index contributed by atoms with van der Waals surface area (Å²) in [5.41, 5.74) is 4.37. The molecule has 2 saturated carbocycles. The fraction of sp³-hybridized carbons (Fsp3) is 0.610. The van der Waals surface area contributed by atoms with Gasteiger partial charge in [-0.1, -0.05) is 18.3 Å². The van der Waals surface area contributed by atoms with Gasteiger partial charge in [0.2, 0.25) is 23.6 Å². The van der Waals surface area contributed by atoms with Crippen LogP contribution in [0.15, 0.2) is 17.4 Å². The number of fused-ring (bicyclic) bond motifs is 4. The van der Waals surface area contributed by atoms with Crippen LogP contribution in [0.4, 0.5) is 0 Å². The van der Waals surface area contributed by atoms with E-state index in [2.05, 4.69) is 53.7 Å². The highest BCUT2D eigenvalue weighted by molar-refractivity contribution is 7.15. The van der Waals surface area contributed by atoms with Crippen molar-refractivity contribution >= 4 is 52.3 Å². The highest BCUT2D eigenvalue weighted by atomic mass is 35.5. The number of amides is 4. The van der Waals surface area contributed by atoms with Crippen molar-refractivity contribution in [2.45, 2.75) is 96.1 Å². The van der Waals surface area contributed by atoms with Gasteiger partial charge in [0.1, 0.15) is 16.9 Å². The molecule has 4 unspecified atom stereocenters. The van der Waals surface area contributed by atoms with E-state index in [9.17, 15) is 19.2 Å². The summed E-state index contributed by atoms with van der Waals surface area (Å²) in [6.07, 6.45) is 10.8. The Hall–Kier alpha value is -4.23. The van der Waals surface area contributed by atoms with Gasteiger partial charge in [-0.05, 0) is 70.3 Å². The molecule has 4 atom stereocenters. The van der Waals surface area contributed by atoms with Gasteiger partial charge in [0, 0.05) is 74.5 Å². The Morgan fingerprint density at radius 3 is 2.49 bits per heavy atom. The number of imide groups is 2. The number of hydrogen-bond acceptors (Lipinski definition) is 11. The fourth-order valence-electron chi connectivity index (χ4n) is 10.0. The molecule has 0 spiro atoms. The number of rotatable bonds is 7. The molecular formula is C41H49ClN10O4S. The van der Waals surface area contributed by atoms with Gasteiger partial charge in [-0.3, -0.25) is 48.5 Å². The Labute approximate surface area is 341 Å². The third-order valence-corrected chi connectivity index (χ3v) is 14.7. The normalized spacial score (nSPS) is 28.3. The number of aliphatic imine (C=N–C) groups is 1. The van der Waals surface area contributed by atoms with Crippen molar-refractivity contribution in [3.63, 3.8) is 0 Å². The minimum atomic E-state index is -0.875. The van der Waals surface area contributed by atoms with Crippen molar-refractivity contribution in [1.82, 2.24) is 44.6 Å². The van der Waals surface area contributed by atoms with Crippen molar-refractivity contribution in [3.05, 3.63) is 45.6 Å². The molecule has 3 aromatic heterocycles. The lowest BCUT2D eigenvalue weighted by atomic mass is 9.73. The summed E-state index contributed by atoms with van der Waals surface area (Å²) in [7, 11) is 0. The second kappa shape index (κ2) is 15.8. The van der Waals surface area contributed by atoms with Crippen LogP contribution in [0.2, 0.25) is 0 Å². The Morgan fingerprint density at radius 2 is 1.70 bits per heavy atom. The van der Waals surface area contributed by atoms with Crippen LogP contribution in [0.1, 0.15) is 91.0 Å². The van der Waals surface area contributed by atoms with Gasteiger partial charge in [0.25, 0.3) is 0 Å². The number of carbonyl (C=O) groups excluding carboxylic acids is 4. The monoisotopic (exact) mass is 812 g/mol. The number of hydrogen-bond donors (Lipinski definition) is 1. The van der Waals surface area contributed by atoms with E-state index in [1.165, 1.54) is 10.5 Å². The molecule has 5 fully saturated rings. The molecule has 0 aromatic carbocycles. The minimum Gasteiger partial charge on any atom is -0.300 e. The highest BCUT2D eigenvalue weighted by Crippen LogP contribution is 2.44. The van der Waals surface area contributed by atoms with Gasteiger partial charge in [0.05, 0.1) is 41.6 Å². The number of carbonyl (C=O) groups is 4. The molecule has 1 N–H and O–H groups in total. The first kappa shape index (κ1) is 38.3. The molecule has 7 heterocycles. The number of alkyl halides is 1. The average Bonchev–Trinajstić information content (AvgIpc) is 3.93. The molecular weight excluding hydrogens is 764 g/mol. The van der Waals surface area contributed by atoms with E-state index in [-0.39, 0.29) is 53.7 Å². The predicted molar refractivity (Wildman–Crippen MR) is 214 cm³/mol. The molecule has 3 aromatic rings. The summed E-state index contributed by atoms with van der Waals surface area (Å²) < 4.78 is 4.12. The van der Waals surface area contributed by atoms with E-state index in [4.69, 9.17) is 16.6 Å². The summed E-state index contributed by atoms with van der Waals surface area (Å²) in [5.74, 6) is 6.94. The molecule has 0 bridgehead atoms. The van der Waals surface area contributed by atoms with Crippen LogP contribution in [-0.4, -0.2) is 119 Å². The van der Waals surface area contributed by atoms with E-state index in [0.717, 1.165) is 123 Å². The van der Waals surface area contributed by atoms with E-state index in [1.807, 2.05) is 24.0 Å². The number of halogens is 1. The Bertz CT molecular complexity index is 2180. The van der Waals surface area contributed by atoms with E-state index >= 15 is 0 Å². The number of nitrogens with zero attached hydrogens (tertiary/aromatic N) is 9. The average molecular weight is 813 g/mol. The SMILES string of the molecule is Cc1c(C#Cc2cnn(CCN3CCN(CC4CCCC5C(=O)N(C6CCC(=O)NC6=O)C(=O)C45)CC3)c2)sc2c1C(C1CCC(Cl)CC1)=NCc1nnc(C)n1-2. The van der Waals surface area contributed by atoms with Crippen LogP contribution in [0.3, 0.4) is 0 Å². The third kappa shape index (κ3) is 7.39. The van der Waals surface area contributed by atoms with Crippen LogP contribution in [0.5, 0.6) is 0 Å². The third-order valence-electron chi connectivity index (χ3n) is 13.1. The topological polar surface area (TPSA) is 151 Å². The van der Waals surface area contributed by atoms with Crippen LogP contribution in [0, 0.1) is 49.4 Å². The summed E-state index contributed by atoms with van der Waals surface area (Å²) in [6.45, 7) is 10.7. The predicted octanol–water partition coefficient (Wildman–Crippen LogP) is 3.47. The van der Waals surface area contributed by atoms with E-state index in [1.54, 1.807) is 11.3 Å². The lowest BCUT2D eigenvalue weighted by Crippen LogP contribution is -2.54. The Morgan fingerprint density at radius 1 is 0.912 bits per heavy atom. The van der Waals surface area contributed by atoms with Crippen LogP contribution in [-0.2, 0) is 32.3 Å². The van der Waals surface area contributed by atoms with Crippen molar-refractivity contribution in [1.29, 1.82) is 0 Å². The number of nitrogens with one attached hydrogen (secondary N) is 1. The smallest absolute Gasteiger partial charge is 0.249 e. The largest absolute Gasteiger partial charge is 0.300 e. The molecule has 9 rings (SSSR count). The molecule has 57 heavy (non-hydrogen) atoms. The number of piperidine rings is 1. The first-order valence-electron chi connectivity index (χ1n) is 20.6. The maximum Gasteiger partial charge on any atom is 0.249 e. The molecule has 14 nitrogen and oxygen atoms in total. The zero-order valence-electron chi connectivity index (χ0n) is 32.6. The quantitative estimate of drug-likeness (QED) is 0.215. The second-order valence-corrected chi connectivity index (χ2v) is 18.2. The van der Waals surface area contributed by atoms with Gasteiger partial charge in [0.15, 0.2) is 5.82 Å². The first-order chi connectivity index (χ1) is 27.6. The summed E-state index contributed by atoms with van der Waals surface area (Å²) in [4.78, 5) is 63.6. The maximum absolute atomic E-state index is 13.7. The van der Waals surface area contributed by atoms with Gasteiger partial charge in [-0.15, -0.1) is 33.1 Å². The molecule has 3 saturated heterocycles. The molecule has 2 aliphatic carbocycles. The second-order valence-electron chi connectivity index (χ2n) is 16.6. The standard InChI is InChI=1S/C41H49ClN10O4S/c1-24-32(57-41-35(24)37(27-7-9-29(42)10-8-27)43-21-33-47-46-25(2)51(33)41)12-6-26-20-44-50(22-26)19-18-48-14-16-49(17-15-48)23-28-4-3-5-30-36(28)40(56)52(39(30)55)31-11-13-34(53)45-38(31)54/h20,22,27-31,36H,3-5,7-11,13-19,21,23H2,1-2H3,(H,45,53,54). The first-order valence-corrected chi connectivity index (χ1v) is 21.8. The Kier molecular flexibility index (Phi) is 10.6. The van der Waals surface area contributed by atoms with Crippen LogP contribution in [0.25, 0.3) is 5.00 Å². The lowest BCUT2D eigenvalue weighted by Gasteiger charge is -2.39. The van der Waals surface area contributed by atoms with E-state index in [0.29, 0.717) is 18.9 Å². The number of likely N-dealkylation sites (tertiary alicyclic amines) is 1. The number of thiophene rings is 1. The fourth-order valence-corrected chi connectivity index (χ4v) is 11.5. The summed E-state index contributed by atoms with van der Waals surface area (Å²) >= 11 is 8.17. The molecule has 4 aliphatic heterocycles. The Balaban J connectivity index is 0.802. The van der Waals surface area contributed by atoms with Gasteiger partial charge < -0.3 is 4.90 Å². The number of piperazine rings is 1. The minimum absolute atomic E-state index is 0.0809. The zero-order valence-corrected chi connectivity index (χ0v) is 34.2. The van der Waals surface area contributed by atoms with Crippen molar-refractivity contribution in [2.24, 2.45) is 28.7 Å². The molecule has 4 amide bonds. The van der Waals surface area contributed by atoms with Gasteiger partial charge in [-0.25, -0.2) is 0 Å². The molecule has 6 aliphatic rings. The van der Waals surface area contributed by atoms with Crippen LogP contribution >= 0.6 is 22.9 Å². The van der Waals surface area contributed by atoms with Crippen LogP contribution < -0.4 is 5.32 Å². The van der Waals surface area contributed by atoms with E-state index < -0.39 is 11.9 Å². The number of aryl methyl sites for hydroxylation is 1. The molecule has 16 heteroatoms. The zero-order chi connectivity index (χ0) is 39.4. The van der Waals surface area contributed by atoms with Gasteiger partial charge in [-0.2, -0.15) is 5.10 Å². The number of aromatic nitrogens is 5. The molecule has 300 valence electrons. The summed E-state index contributed by atoms with van der Waals surface area (Å²) in [5, 5.41) is 17.1. The highest BCUT2D eigenvalue weighted by Gasteiger charge is 2.55. The maximum atomic E-state index is 13.7. The lowest BCUT2D eigenvalue weighted by molar-refractivity contribution is -0.151. The molecule has 0 radical (unpaired) electrons.